The first-order chi connectivity index (χ1) is 9.49. The van der Waals surface area contributed by atoms with E-state index in [4.69, 9.17) is 11.6 Å². The fourth-order valence-electron chi connectivity index (χ4n) is 1.92. The average Bonchev–Trinajstić information content (AvgIpc) is 2.37. The summed E-state index contributed by atoms with van der Waals surface area (Å²) >= 11 is 5.74. The number of nitrogens with one attached hydrogen (secondary N) is 1. The van der Waals surface area contributed by atoms with Crippen LogP contribution in [-0.4, -0.2) is 46.0 Å². The molecule has 0 atom stereocenters. The molecule has 0 radical (unpaired) electrons. The summed E-state index contributed by atoms with van der Waals surface area (Å²) in [5, 5.41) is 14.0. The molecule has 0 aliphatic carbocycles. The van der Waals surface area contributed by atoms with Crippen LogP contribution in [0.25, 0.3) is 0 Å². The van der Waals surface area contributed by atoms with Gasteiger partial charge in [-0.3, -0.25) is 10.1 Å². The van der Waals surface area contributed by atoms with E-state index in [0.717, 1.165) is 26.1 Å². The van der Waals surface area contributed by atoms with Crippen molar-refractivity contribution in [2.45, 2.75) is 27.2 Å². The van der Waals surface area contributed by atoms with Gasteiger partial charge in [0.05, 0.1) is 4.92 Å². The van der Waals surface area contributed by atoms with E-state index in [1.165, 1.54) is 0 Å². The lowest BCUT2D eigenvalue weighted by molar-refractivity contribution is -0.385. The zero-order valence-electron chi connectivity index (χ0n) is 12.0. The smallest absolute Gasteiger partial charge is 0.332 e. The topological polar surface area (TPSA) is 84.2 Å². The Bertz CT molecular complexity index is 465. The Labute approximate surface area is 123 Å². The number of hydrogen-bond donors (Lipinski definition) is 1. The number of rotatable bonds is 8. The molecule has 0 aromatic carbocycles. The third kappa shape index (κ3) is 4.57. The van der Waals surface area contributed by atoms with Crippen LogP contribution in [0.3, 0.4) is 0 Å². The number of nitro groups is 1. The first-order valence-corrected chi connectivity index (χ1v) is 7.02. The van der Waals surface area contributed by atoms with Crippen molar-refractivity contribution in [1.29, 1.82) is 0 Å². The summed E-state index contributed by atoms with van der Waals surface area (Å²) in [5.41, 5.74) is 0.151. The van der Waals surface area contributed by atoms with Crippen molar-refractivity contribution in [2.75, 3.05) is 31.5 Å². The van der Waals surface area contributed by atoms with Gasteiger partial charge in [0.15, 0.2) is 0 Å². The highest BCUT2D eigenvalue weighted by Crippen LogP contribution is 2.26. The normalized spacial score (nSPS) is 10.8. The van der Waals surface area contributed by atoms with Crippen LogP contribution in [0.1, 0.15) is 26.0 Å². The Kier molecular flexibility index (Phi) is 6.60. The second-order valence-corrected chi connectivity index (χ2v) is 4.68. The van der Waals surface area contributed by atoms with Crippen LogP contribution in [0.4, 0.5) is 11.5 Å². The molecule has 0 aliphatic rings. The van der Waals surface area contributed by atoms with Gasteiger partial charge in [-0.1, -0.05) is 13.8 Å². The third-order valence-electron chi connectivity index (χ3n) is 3.05. The molecule has 1 aromatic rings. The first kappa shape index (κ1) is 16.6. The van der Waals surface area contributed by atoms with E-state index in [9.17, 15) is 10.1 Å². The number of aryl methyl sites for hydroxylation is 1. The fraction of sp³-hybridized carbons (Fsp3) is 0.667. The lowest BCUT2D eigenvalue weighted by Crippen LogP contribution is -2.25. The van der Waals surface area contributed by atoms with Crippen molar-refractivity contribution in [2.24, 2.45) is 0 Å². The van der Waals surface area contributed by atoms with Gasteiger partial charge in [-0.05, 0) is 44.6 Å². The Morgan fingerprint density at radius 1 is 1.35 bits per heavy atom. The molecule has 0 aliphatic heterocycles. The van der Waals surface area contributed by atoms with Crippen LogP contribution in [0.5, 0.6) is 0 Å². The number of aromatic nitrogens is 2. The van der Waals surface area contributed by atoms with E-state index in [1.54, 1.807) is 6.92 Å². The Hall–Kier alpha value is -1.47. The molecule has 20 heavy (non-hydrogen) atoms. The highest BCUT2D eigenvalue weighted by atomic mass is 35.5. The Morgan fingerprint density at radius 3 is 2.55 bits per heavy atom. The molecular formula is C12H20ClN5O2. The van der Waals surface area contributed by atoms with E-state index in [2.05, 4.69) is 34.0 Å². The van der Waals surface area contributed by atoms with Gasteiger partial charge in [-0.15, -0.1) is 0 Å². The third-order valence-corrected chi connectivity index (χ3v) is 3.22. The predicted octanol–water partition coefficient (Wildman–Crippen LogP) is 2.49. The number of nitrogens with zero attached hydrogens (tertiary/aromatic N) is 4. The van der Waals surface area contributed by atoms with Gasteiger partial charge >= 0.3 is 5.69 Å². The zero-order valence-corrected chi connectivity index (χ0v) is 12.8. The monoisotopic (exact) mass is 301 g/mol. The molecule has 1 rings (SSSR count). The standard InChI is InChI=1S/C12H20ClN5O2/c1-4-17(5-2)8-6-7-14-11-10(18(19)20)9(3)15-12(13)16-11/h4-8H2,1-3H3,(H,14,15,16). The van der Waals surface area contributed by atoms with Crippen molar-refractivity contribution in [3.8, 4) is 0 Å². The SMILES string of the molecule is CCN(CC)CCCNc1nc(Cl)nc(C)c1[N+](=O)[O-]. The first-order valence-electron chi connectivity index (χ1n) is 6.64. The van der Waals surface area contributed by atoms with Crippen molar-refractivity contribution in [3.63, 3.8) is 0 Å². The van der Waals surface area contributed by atoms with Crippen LogP contribution >= 0.6 is 11.6 Å². The van der Waals surface area contributed by atoms with Crippen LogP contribution < -0.4 is 5.32 Å². The summed E-state index contributed by atoms with van der Waals surface area (Å²) in [4.78, 5) is 20.5. The average molecular weight is 302 g/mol. The van der Waals surface area contributed by atoms with Gasteiger partial charge in [0.25, 0.3) is 0 Å². The van der Waals surface area contributed by atoms with Crippen molar-refractivity contribution in [1.82, 2.24) is 14.9 Å². The van der Waals surface area contributed by atoms with Gasteiger partial charge < -0.3 is 10.2 Å². The number of hydrogen-bond acceptors (Lipinski definition) is 6. The van der Waals surface area contributed by atoms with Gasteiger partial charge in [-0.25, -0.2) is 4.98 Å². The molecule has 1 aromatic heterocycles. The van der Waals surface area contributed by atoms with Crippen LogP contribution in [0.15, 0.2) is 0 Å². The minimum atomic E-state index is -0.488. The molecule has 0 saturated carbocycles. The van der Waals surface area contributed by atoms with Crippen molar-refractivity contribution < 1.29 is 4.92 Å². The van der Waals surface area contributed by atoms with Gasteiger partial charge in [0.1, 0.15) is 5.69 Å². The van der Waals surface area contributed by atoms with E-state index in [-0.39, 0.29) is 22.5 Å². The summed E-state index contributed by atoms with van der Waals surface area (Å²) in [5.74, 6) is 0.187. The molecular weight excluding hydrogens is 282 g/mol. The van der Waals surface area contributed by atoms with Crippen LogP contribution in [0, 0.1) is 17.0 Å². The highest BCUT2D eigenvalue weighted by molar-refractivity contribution is 6.28. The second-order valence-electron chi connectivity index (χ2n) is 4.34. The number of anilines is 1. The summed E-state index contributed by atoms with van der Waals surface area (Å²) in [7, 11) is 0. The largest absolute Gasteiger partial charge is 0.364 e. The highest BCUT2D eigenvalue weighted by Gasteiger charge is 2.21. The van der Waals surface area contributed by atoms with E-state index >= 15 is 0 Å². The molecule has 0 unspecified atom stereocenters. The van der Waals surface area contributed by atoms with Gasteiger partial charge in [0, 0.05) is 6.54 Å². The lowest BCUT2D eigenvalue weighted by Gasteiger charge is -2.17. The van der Waals surface area contributed by atoms with Crippen LogP contribution in [-0.2, 0) is 0 Å². The Morgan fingerprint density at radius 2 is 2.00 bits per heavy atom. The second kappa shape index (κ2) is 7.96. The predicted molar refractivity (Wildman–Crippen MR) is 79.3 cm³/mol. The molecule has 0 spiro atoms. The maximum absolute atomic E-state index is 11.0. The molecule has 112 valence electrons. The van der Waals surface area contributed by atoms with Crippen molar-refractivity contribution >= 4 is 23.1 Å². The minimum absolute atomic E-state index is 0.0133. The lowest BCUT2D eigenvalue weighted by atomic mass is 10.3. The molecule has 1 heterocycles. The summed E-state index contributed by atoms with van der Waals surface area (Å²) < 4.78 is 0. The molecule has 8 heteroatoms. The van der Waals surface area contributed by atoms with E-state index < -0.39 is 4.92 Å². The molecule has 7 nitrogen and oxygen atoms in total. The van der Waals surface area contributed by atoms with E-state index in [0.29, 0.717) is 6.54 Å². The van der Waals surface area contributed by atoms with Gasteiger partial charge in [0.2, 0.25) is 11.1 Å². The van der Waals surface area contributed by atoms with Gasteiger partial charge in [-0.2, -0.15) is 4.98 Å². The van der Waals surface area contributed by atoms with Crippen molar-refractivity contribution in [3.05, 3.63) is 21.1 Å². The number of halogens is 1. The maximum Gasteiger partial charge on any atom is 0.332 e. The molecule has 0 bridgehead atoms. The molecule has 1 N–H and O–H groups in total. The Balaban J connectivity index is 2.66. The summed E-state index contributed by atoms with van der Waals surface area (Å²) in [6, 6.07) is 0. The van der Waals surface area contributed by atoms with E-state index in [1.807, 2.05) is 0 Å². The summed E-state index contributed by atoms with van der Waals surface area (Å²) in [6.45, 7) is 9.29. The summed E-state index contributed by atoms with van der Waals surface area (Å²) in [6.07, 6.45) is 0.875. The fourth-order valence-corrected chi connectivity index (χ4v) is 2.14. The zero-order chi connectivity index (χ0) is 15.1. The molecule has 0 saturated heterocycles. The van der Waals surface area contributed by atoms with Crippen LogP contribution in [0.2, 0.25) is 5.28 Å². The quantitative estimate of drug-likeness (QED) is 0.344. The maximum atomic E-state index is 11.0. The minimum Gasteiger partial charge on any atom is -0.364 e. The molecule has 0 fully saturated rings. The molecule has 0 amide bonds.